The lowest BCUT2D eigenvalue weighted by Crippen LogP contribution is -2.25. The Kier molecular flexibility index (Phi) is 3.20. The number of benzene rings is 2. The van der Waals surface area contributed by atoms with E-state index in [4.69, 9.17) is 0 Å². The van der Waals surface area contributed by atoms with Crippen LogP contribution in [0.3, 0.4) is 0 Å². The van der Waals surface area contributed by atoms with Crippen LogP contribution in [-0.4, -0.2) is 16.3 Å². The molecule has 0 saturated carbocycles. The summed E-state index contributed by atoms with van der Waals surface area (Å²) < 4.78 is 2.16. The maximum Gasteiger partial charge on any atom is 0.0627 e. The number of rotatable bonds is 3. The van der Waals surface area contributed by atoms with Crippen molar-refractivity contribution in [3.8, 4) is 0 Å². The van der Waals surface area contributed by atoms with Crippen LogP contribution in [0.5, 0.6) is 0 Å². The molecule has 118 valence electrons. The van der Waals surface area contributed by atoms with E-state index in [1.165, 1.54) is 27.7 Å². The van der Waals surface area contributed by atoms with Crippen molar-refractivity contribution in [1.82, 2.24) is 4.57 Å². The lowest BCUT2D eigenvalue weighted by Gasteiger charge is -2.27. The van der Waals surface area contributed by atoms with Crippen LogP contribution in [0.15, 0.2) is 54.7 Å². The van der Waals surface area contributed by atoms with Gasteiger partial charge in [0.15, 0.2) is 0 Å². The number of nitrogens with zero attached hydrogens (tertiary/aromatic N) is 1. The molecule has 2 aromatic carbocycles. The first-order valence-corrected chi connectivity index (χ1v) is 8.17. The van der Waals surface area contributed by atoms with Gasteiger partial charge in [0, 0.05) is 40.3 Å². The van der Waals surface area contributed by atoms with Gasteiger partial charge in [0.05, 0.1) is 12.6 Å². The molecule has 0 saturated heterocycles. The maximum absolute atomic E-state index is 9.36. The van der Waals surface area contributed by atoms with Crippen LogP contribution in [0.1, 0.15) is 31.0 Å². The summed E-state index contributed by atoms with van der Waals surface area (Å²) in [4.78, 5) is 0. The van der Waals surface area contributed by atoms with E-state index in [9.17, 15) is 5.11 Å². The standard InChI is InChI=1S/C20H22N2O/c1-20(2)16-8-4-5-9-17(16)21-19(20)15-13-22(11-12-23)18-10-6-3-7-14(15)18/h3-10,13,19,21,23H,11-12H2,1-2H3. The van der Waals surface area contributed by atoms with Gasteiger partial charge in [-0.25, -0.2) is 0 Å². The number of hydrogen-bond donors (Lipinski definition) is 2. The highest BCUT2D eigenvalue weighted by atomic mass is 16.3. The van der Waals surface area contributed by atoms with Crippen molar-refractivity contribution in [2.75, 3.05) is 11.9 Å². The Morgan fingerprint density at radius 1 is 1.09 bits per heavy atom. The minimum atomic E-state index is 0.0186. The first-order chi connectivity index (χ1) is 11.1. The molecule has 23 heavy (non-hydrogen) atoms. The Morgan fingerprint density at radius 2 is 1.83 bits per heavy atom. The van der Waals surface area contributed by atoms with Crippen molar-refractivity contribution in [2.45, 2.75) is 31.8 Å². The number of aliphatic hydroxyl groups is 1. The maximum atomic E-state index is 9.36. The molecule has 3 heteroatoms. The zero-order valence-corrected chi connectivity index (χ0v) is 13.6. The highest BCUT2D eigenvalue weighted by Crippen LogP contribution is 2.49. The number of para-hydroxylation sites is 2. The van der Waals surface area contributed by atoms with Crippen LogP contribution in [-0.2, 0) is 12.0 Å². The smallest absolute Gasteiger partial charge is 0.0627 e. The zero-order chi connectivity index (χ0) is 16.0. The van der Waals surface area contributed by atoms with Crippen molar-refractivity contribution >= 4 is 16.6 Å². The third-order valence-electron chi connectivity index (χ3n) is 5.11. The minimum absolute atomic E-state index is 0.0186. The summed E-state index contributed by atoms with van der Waals surface area (Å²) in [5, 5.41) is 14.3. The Morgan fingerprint density at radius 3 is 2.61 bits per heavy atom. The predicted octanol–water partition coefficient (Wildman–Crippen LogP) is 4.08. The summed E-state index contributed by atoms with van der Waals surface area (Å²) in [5.74, 6) is 0. The van der Waals surface area contributed by atoms with E-state index in [0.29, 0.717) is 6.54 Å². The molecule has 1 atom stereocenters. The van der Waals surface area contributed by atoms with Gasteiger partial charge in [-0.05, 0) is 17.7 Å². The number of nitrogens with one attached hydrogen (secondary N) is 1. The average Bonchev–Trinajstić information content (AvgIpc) is 3.04. The Labute approximate surface area is 136 Å². The quantitative estimate of drug-likeness (QED) is 0.765. The third kappa shape index (κ3) is 2.07. The highest BCUT2D eigenvalue weighted by Gasteiger charge is 2.41. The fraction of sp³-hybridized carbons (Fsp3) is 0.300. The summed E-state index contributed by atoms with van der Waals surface area (Å²) in [6, 6.07) is 17.2. The molecule has 0 aliphatic carbocycles. The molecule has 3 nitrogen and oxygen atoms in total. The lowest BCUT2D eigenvalue weighted by atomic mass is 9.78. The number of fused-ring (bicyclic) bond motifs is 2. The van der Waals surface area contributed by atoms with Crippen LogP contribution < -0.4 is 5.32 Å². The summed E-state index contributed by atoms with van der Waals surface area (Å²) in [6.07, 6.45) is 2.20. The number of hydrogen-bond acceptors (Lipinski definition) is 2. The topological polar surface area (TPSA) is 37.2 Å². The molecule has 2 N–H and O–H groups in total. The molecule has 1 aromatic heterocycles. The summed E-state index contributed by atoms with van der Waals surface area (Å²) in [6.45, 7) is 5.38. The van der Waals surface area contributed by atoms with E-state index in [1.54, 1.807) is 0 Å². The van der Waals surface area contributed by atoms with Crippen LogP contribution in [0, 0.1) is 0 Å². The number of aliphatic hydroxyl groups excluding tert-OH is 1. The van der Waals surface area contributed by atoms with Crippen molar-refractivity contribution < 1.29 is 5.11 Å². The van der Waals surface area contributed by atoms with Crippen LogP contribution in [0.4, 0.5) is 5.69 Å². The van der Waals surface area contributed by atoms with Gasteiger partial charge in [-0.15, -0.1) is 0 Å². The van der Waals surface area contributed by atoms with E-state index in [-0.39, 0.29) is 18.1 Å². The summed E-state index contributed by atoms with van der Waals surface area (Å²) in [7, 11) is 0. The van der Waals surface area contributed by atoms with Gasteiger partial charge in [0.2, 0.25) is 0 Å². The second-order valence-corrected chi connectivity index (χ2v) is 6.86. The third-order valence-corrected chi connectivity index (χ3v) is 5.11. The fourth-order valence-corrected chi connectivity index (χ4v) is 3.93. The first kappa shape index (κ1) is 14.3. The lowest BCUT2D eigenvalue weighted by molar-refractivity contribution is 0.278. The molecule has 1 unspecified atom stereocenters. The van der Waals surface area contributed by atoms with E-state index in [2.05, 4.69) is 78.5 Å². The fourth-order valence-electron chi connectivity index (χ4n) is 3.93. The van der Waals surface area contributed by atoms with Gasteiger partial charge >= 0.3 is 0 Å². The van der Waals surface area contributed by atoms with Crippen molar-refractivity contribution in [2.24, 2.45) is 0 Å². The van der Waals surface area contributed by atoms with Gasteiger partial charge in [-0.3, -0.25) is 0 Å². The normalized spacial score (nSPS) is 18.8. The Hall–Kier alpha value is -2.26. The summed E-state index contributed by atoms with van der Waals surface area (Å²) in [5.41, 5.74) is 5.09. The van der Waals surface area contributed by atoms with E-state index < -0.39 is 0 Å². The number of aromatic nitrogens is 1. The van der Waals surface area contributed by atoms with Crippen molar-refractivity contribution in [3.05, 3.63) is 65.9 Å². The Balaban J connectivity index is 1.88. The first-order valence-electron chi connectivity index (χ1n) is 8.17. The molecule has 4 rings (SSSR count). The van der Waals surface area contributed by atoms with Gasteiger partial charge in [-0.1, -0.05) is 50.2 Å². The second-order valence-electron chi connectivity index (χ2n) is 6.86. The van der Waals surface area contributed by atoms with Crippen molar-refractivity contribution in [3.63, 3.8) is 0 Å². The highest BCUT2D eigenvalue weighted by molar-refractivity contribution is 5.86. The van der Waals surface area contributed by atoms with E-state index in [1.807, 2.05) is 0 Å². The molecule has 2 heterocycles. The monoisotopic (exact) mass is 306 g/mol. The molecule has 0 bridgehead atoms. The van der Waals surface area contributed by atoms with Gasteiger partial charge < -0.3 is 15.0 Å². The number of anilines is 1. The van der Waals surface area contributed by atoms with Crippen LogP contribution in [0.2, 0.25) is 0 Å². The zero-order valence-electron chi connectivity index (χ0n) is 13.6. The Bertz CT molecular complexity index is 863. The largest absolute Gasteiger partial charge is 0.395 e. The molecule has 1 aliphatic heterocycles. The molecule has 0 fully saturated rings. The van der Waals surface area contributed by atoms with Gasteiger partial charge in [-0.2, -0.15) is 0 Å². The summed E-state index contributed by atoms with van der Waals surface area (Å²) >= 11 is 0. The predicted molar refractivity (Wildman–Crippen MR) is 94.9 cm³/mol. The SMILES string of the molecule is CC1(C)c2ccccc2NC1c1cn(CCO)c2ccccc12. The van der Waals surface area contributed by atoms with E-state index >= 15 is 0 Å². The van der Waals surface area contributed by atoms with Crippen LogP contribution >= 0.6 is 0 Å². The average molecular weight is 306 g/mol. The van der Waals surface area contributed by atoms with Gasteiger partial charge in [0.25, 0.3) is 0 Å². The molecule has 0 spiro atoms. The minimum Gasteiger partial charge on any atom is -0.395 e. The molecule has 3 aromatic rings. The molecular formula is C20H22N2O. The molecule has 0 amide bonds. The van der Waals surface area contributed by atoms with Crippen LogP contribution in [0.25, 0.3) is 10.9 Å². The van der Waals surface area contributed by atoms with E-state index in [0.717, 1.165) is 0 Å². The molecule has 1 aliphatic rings. The van der Waals surface area contributed by atoms with Gasteiger partial charge in [0.1, 0.15) is 0 Å². The molecule has 0 radical (unpaired) electrons. The van der Waals surface area contributed by atoms with Crippen molar-refractivity contribution in [1.29, 1.82) is 0 Å². The second kappa shape index (κ2) is 5.14. The molecular weight excluding hydrogens is 284 g/mol.